The number of thiophene rings is 1. The second kappa shape index (κ2) is 10.6. The molecule has 0 bridgehead atoms. The molecule has 0 unspecified atom stereocenters. The van der Waals surface area contributed by atoms with E-state index in [9.17, 15) is 9.59 Å². The average Bonchev–Trinajstić information content (AvgIpc) is 3.40. The number of carboxylic acid groups (broad SMARTS) is 1. The Bertz CT molecular complexity index is 871. The van der Waals surface area contributed by atoms with E-state index in [-0.39, 0.29) is 30.7 Å². The van der Waals surface area contributed by atoms with Gasteiger partial charge >= 0.3 is 5.97 Å². The highest BCUT2D eigenvalue weighted by Crippen LogP contribution is 2.40. The number of nitrogens with zero attached hydrogens (tertiary/aromatic N) is 3. The Morgan fingerprint density at radius 2 is 2.03 bits per heavy atom. The molecular weight excluding hydrogens is 432 g/mol. The number of thioether (sulfide) groups is 1. The van der Waals surface area contributed by atoms with E-state index >= 15 is 0 Å². The van der Waals surface area contributed by atoms with Gasteiger partial charge in [0.2, 0.25) is 5.91 Å². The lowest BCUT2D eigenvalue weighted by Crippen LogP contribution is -2.40. The van der Waals surface area contributed by atoms with Crippen LogP contribution >= 0.6 is 23.1 Å². The highest BCUT2D eigenvalue weighted by molar-refractivity contribution is 7.99. The molecule has 0 spiro atoms. The van der Waals surface area contributed by atoms with E-state index < -0.39 is 5.97 Å². The second-order valence-electron chi connectivity index (χ2n) is 8.83. The Labute approximate surface area is 192 Å². The zero-order chi connectivity index (χ0) is 22.4. The minimum Gasteiger partial charge on any atom is -0.481 e. The number of carboxylic acids is 1. The number of nitrogens with one attached hydrogen (secondary N) is 1. The van der Waals surface area contributed by atoms with Gasteiger partial charge in [-0.1, -0.05) is 45.0 Å². The molecular formula is C22H32N4O3S2. The van der Waals surface area contributed by atoms with Gasteiger partial charge in [-0.05, 0) is 48.5 Å². The van der Waals surface area contributed by atoms with Crippen molar-refractivity contribution in [2.75, 3.05) is 5.75 Å². The van der Waals surface area contributed by atoms with Gasteiger partial charge in [-0.15, -0.1) is 21.5 Å². The fraction of sp³-hybridized carbons (Fsp3) is 0.636. The van der Waals surface area contributed by atoms with E-state index in [4.69, 9.17) is 5.11 Å². The van der Waals surface area contributed by atoms with Crippen LogP contribution in [0.4, 0.5) is 0 Å². The third-order valence-electron chi connectivity index (χ3n) is 6.45. The van der Waals surface area contributed by atoms with E-state index in [0.29, 0.717) is 16.4 Å². The summed E-state index contributed by atoms with van der Waals surface area (Å²) >= 11 is 2.84. The molecule has 2 aromatic rings. The van der Waals surface area contributed by atoms with Crippen molar-refractivity contribution in [1.29, 1.82) is 0 Å². The van der Waals surface area contributed by atoms with Crippen LogP contribution < -0.4 is 5.32 Å². The third kappa shape index (κ3) is 6.32. The van der Waals surface area contributed by atoms with Crippen molar-refractivity contribution in [2.45, 2.75) is 77.0 Å². The normalized spacial score (nSPS) is 19.3. The molecule has 170 valence electrons. The summed E-state index contributed by atoms with van der Waals surface area (Å²) in [6.07, 6.45) is 5.54. The van der Waals surface area contributed by atoms with Crippen molar-refractivity contribution in [3.8, 4) is 10.7 Å². The Morgan fingerprint density at radius 3 is 2.65 bits per heavy atom. The highest BCUT2D eigenvalue weighted by atomic mass is 32.2. The smallest absolute Gasteiger partial charge is 0.305 e. The summed E-state index contributed by atoms with van der Waals surface area (Å²) < 4.78 is 1.80. The first-order valence-electron chi connectivity index (χ1n) is 10.9. The van der Waals surface area contributed by atoms with Gasteiger partial charge in [0.15, 0.2) is 11.0 Å². The van der Waals surface area contributed by atoms with Crippen LogP contribution in [0.5, 0.6) is 0 Å². The van der Waals surface area contributed by atoms with Gasteiger partial charge in [0.1, 0.15) is 0 Å². The van der Waals surface area contributed by atoms with Crippen LogP contribution in [0.3, 0.4) is 0 Å². The van der Waals surface area contributed by atoms with Crippen molar-refractivity contribution < 1.29 is 14.7 Å². The van der Waals surface area contributed by atoms with Crippen molar-refractivity contribution in [1.82, 2.24) is 20.1 Å². The van der Waals surface area contributed by atoms with Crippen LogP contribution in [0.25, 0.3) is 10.7 Å². The van der Waals surface area contributed by atoms with E-state index in [2.05, 4.69) is 36.3 Å². The number of carbonyl (C=O) groups excluding carboxylic acids is 1. The SMILES string of the molecule is CCC(C)(C)C1CCC(NC(=O)CSc2nnc(-c3cccs3)n2CCC(=O)O)CC1. The second-order valence-corrected chi connectivity index (χ2v) is 10.7. The topological polar surface area (TPSA) is 97.1 Å². The van der Waals surface area contributed by atoms with Gasteiger partial charge in [0.05, 0.1) is 17.1 Å². The molecule has 31 heavy (non-hydrogen) atoms. The van der Waals surface area contributed by atoms with E-state index in [1.165, 1.54) is 29.5 Å². The fourth-order valence-corrected chi connectivity index (χ4v) is 5.59. The Hall–Kier alpha value is -1.87. The lowest BCUT2D eigenvalue weighted by atomic mass is 9.69. The maximum Gasteiger partial charge on any atom is 0.305 e. The molecule has 0 atom stereocenters. The molecule has 0 aromatic carbocycles. The number of aromatic nitrogens is 3. The average molecular weight is 465 g/mol. The monoisotopic (exact) mass is 464 g/mol. The summed E-state index contributed by atoms with van der Waals surface area (Å²) in [4.78, 5) is 24.6. The molecule has 1 saturated carbocycles. The van der Waals surface area contributed by atoms with E-state index in [1.54, 1.807) is 4.57 Å². The zero-order valence-corrected chi connectivity index (χ0v) is 20.1. The molecule has 1 aliphatic carbocycles. The standard InChI is InChI=1S/C22H32N4O3S2/c1-4-22(2,3)15-7-9-16(10-8-15)23-18(27)14-31-21-25-24-20(17-6-5-13-30-17)26(21)12-11-19(28)29/h5-6,13,15-16H,4,7-12,14H2,1-3H3,(H,23,27)(H,28,29). The fourth-order valence-electron chi connectivity index (χ4n) is 4.10. The maximum absolute atomic E-state index is 12.6. The van der Waals surface area contributed by atoms with Crippen LogP contribution in [-0.2, 0) is 16.1 Å². The molecule has 0 aliphatic heterocycles. The Balaban J connectivity index is 1.55. The summed E-state index contributed by atoms with van der Waals surface area (Å²) in [5.41, 5.74) is 0.366. The van der Waals surface area contributed by atoms with Gasteiger partial charge in [0.25, 0.3) is 0 Å². The van der Waals surface area contributed by atoms with Crippen LogP contribution in [0.2, 0.25) is 0 Å². The summed E-state index contributed by atoms with van der Waals surface area (Å²) in [7, 11) is 0. The molecule has 0 radical (unpaired) electrons. The van der Waals surface area contributed by atoms with Crippen LogP contribution in [0.1, 0.15) is 59.3 Å². The molecule has 1 fully saturated rings. The summed E-state index contributed by atoms with van der Waals surface area (Å²) in [5.74, 6) is 0.741. The number of hydrogen-bond acceptors (Lipinski definition) is 6. The Kier molecular flexibility index (Phi) is 8.16. The molecule has 1 amide bonds. The third-order valence-corrected chi connectivity index (χ3v) is 8.28. The highest BCUT2D eigenvalue weighted by Gasteiger charge is 2.32. The van der Waals surface area contributed by atoms with Crippen LogP contribution in [-0.4, -0.2) is 43.5 Å². The first-order valence-corrected chi connectivity index (χ1v) is 12.8. The van der Waals surface area contributed by atoms with Gasteiger partial charge in [0, 0.05) is 12.6 Å². The van der Waals surface area contributed by atoms with Crippen molar-refractivity contribution >= 4 is 35.0 Å². The molecule has 9 heteroatoms. The molecule has 1 aliphatic rings. The predicted octanol–water partition coefficient (Wildman–Crippen LogP) is 4.68. The lowest BCUT2D eigenvalue weighted by Gasteiger charge is -2.39. The predicted molar refractivity (Wildman–Crippen MR) is 124 cm³/mol. The van der Waals surface area contributed by atoms with Gasteiger partial charge < -0.3 is 15.0 Å². The number of carbonyl (C=O) groups is 2. The number of aliphatic carboxylic acids is 1. The van der Waals surface area contributed by atoms with Gasteiger partial charge in [-0.2, -0.15) is 0 Å². The molecule has 2 heterocycles. The lowest BCUT2D eigenvalue weighted by molar-refractivity contribution is -0.137. The number of rotatable bonds is 10. The molecule has 2 aromatic heterocycles. The van der Waals surface area contributed by atoms with Crippen LogP contribution in [0, 0.1) is 11.3 Å². The van der Waals surface area contributed by atoms with Crippen molar-refractivity contribution in [3.05, 3.63) is 17.5 Å². The first kappa shape index (κ1) is 23.8. The summed E-state index contributed by atoms with van der Waals surface area (Å²) in [5, 5.41) is 23.3. The van der Waals surface area contributed by atoms with Crippen LogP contribution in [0.15, 0.2) is 22.7 Å². The van der Waals surface area contributed by atoms with Gasteiger partial charge in [-0.3, -0.25) is 9.59 Å². The number of amides is 1. The zero-order valence-electron chi connectivity index (χ0n) is 18.5. The molecule has 3 rings (SSSR count). The summed E-state index contributed by atoms with van der Waals surface area (Å²) in [6, 6.07) is 4.10. The van der Waals surface area contributed by atoms with E-state index in [1.807, 2.05) is 17.5 Å². The molecule has 7 nitrogen and oxygen atoms in total. The van der Waals surface area contributed by atoms with Gasteiger partial charge in [-0.25, -0.2) is 0 Å². The molecule has 2 N–H and O–H groups in total. The Morgan fingerprint density at radius 1 is 1.29 bits per heavy atom. The first-order chi connectivity index (χ1) is 14.8. The largest absolute Gasteiger partial charge is 0.481 e. The van der Waals surface area contributed by atoms with Crippen molar-refractivity contribution in [2.24, 2.45) is 11.3 Å². The summed E-state index contributed by atoms with van der Waals surface area (Å²) in [6.45, 7) is 7.22. The minimum absolute atomic E-state index is 0.00587. The quantitative estimate of drug-likeness (QED) is 0.495. The maximum atomic E-state index is 12.6. The minimum atomic E-state index is -0.874. The van der Waals surface area contributed by atoms with Crippen molar-refractivity contribution in [3.63, 3.8) is 0 Å². The molecule has 0 saturated heterocycles. The number of hydrogen-bond donors (Lipinski definition) is 2. The van der Waals surface area contributed by atoms with E-state index in [0.717, 1.165) is 36.5 Å².